The molecule has 0 heterocycles. The summed E-state index contributed by atoms with van der Waals surface area (Å²) >= 11 is 0. The molecule has 1 fully saturated rings. The zero-order valence-corrected chi connectivity index (χ0v) is 18.9. The van der Waals surface area contributed by atoms with Gasteiger partial charge < -0.3 is 14.6 Å². The average molecular weight is 407 g/mol. The second-order valence-corrected chi connectivity index (χ2v) is 9.09. The molecule has 1 aliphatic rings. The third-order valence-electron chi connectivity index (χ3n) is 5.84. The van der Waals surface area contributed by atoms with Crippen molar-refractivity contribution in [2.45, 2.75) is 92.1 Å². The van der Waals surface area contributed by atoms with Gasteiger partial charge in [-0.2, -0.15) is 0 Å². The maximum atomic E-state index is 11.0. The summed E-state index contributed by atoms with van der Waals surface area (Å²) < 4.78 is 9.76. The number of esters is 2. The van der Waals surface area contributed by atoms with E-state index in [2.05, 4.69) is 26.8 Å². The summed E-state index contributed by atoms with van der Waals surface area (Å²) in [5.74, 6) is -0.499. The summed E-state index contributed by atoms with van der Waals surface area (Å²) in [6, 6.07) is 0. The highest BCUT2D eigenvalue weighted by atomic mass is 16.5. The van der Waals surface area contributed by atoms with Crippen molar-refractivity contribution in [2.75, 3.05) is 0 Å². The molecule has 0 amide bonds. The van der Waals surface area contributed by atoms with Crippen molar-refractivity contribution in [3.63, 3.8) is 0 Å². The maximum Gasteiger partial charge on any atom is 0.307 e. The molecule has 164 valence electrons. The first-order valence-electron chi connectivity index (χ1n) is 10.5. The quantitative estimate of drug-likeness (QED) is 0.234. The molecule has 2 atom stereocenters. The lowest BCUT2D eigenvalue weighted by Crippen LogP contribution is -2.46. The Morgan fingerprint density at radius 2 is 1.69 bits per heavy atom. The molecule has 29 heavy (non-hydrogen) atoms. The Balaban J connectivity index is 2.62. The third kappa shape index (κ3) is 9.44. The Hall–Kier alpha value is -1.88. The van der Waals surface area contributed by atoms with Gasteiger partial charge in [-0.1, -0.05) is 31.9 Å². The SMILES string of the molecule is CC(=O)O/C=C/C(=C/OC(C)=O)CC/C=C(\C)CC[C@@H]1C(C)(C)CCC[C@@]1(C)O. The highest BCUT2D eigenvalue weighted by molar-refractivity contribution is 5.67. The molecular formula is C24H38O5. The second-order valence-electron chi connectivity index (χ2n) is 9.09. The van der Waals surface area contributed by atoms with Crippen LogP contribution in [0.1, 0.15) is 86.5 Å². The fourth-order valence-electron chi connectivity index (χ4n) is 4.31. The lowest BCUT2D eigenvalue weighted by Gasteiger charge is -2.48. The van der Waals surface area contributed by atoms with Crippen molar-refractivity contribution in [1.29, 1.82) is 0 Å². The topological polar surface area (TPSA) is 72.8 Å². The van der Waals surface area contributed by atoms with Gasteiger partial charge in [0, 0.05) is 13.8 Å². The van der Waals surface area contributed by atoms with E-state index >= 15 is 0 Å². The van der Waals surface area contributed by atoms with Crippen LogP contribution in [0.4, 0.5) is 0 Å². The Morgan fingerprint density at radius 1 is 1.03 bits per heavy atom. The summed E-state index contributed by atoms with van der Waals surface area (Å²) in [5, 5.41) is 10.8. The van der Waals surface area contributed by atoms with E-state index in [-0.39, 0.29) is 11.3 Å². The molecular weight excluding hydrogens is 368 g/mol. The predicted molar refractivity (Wildman–Crippen MR) is 115 cm³/mol. The van der Waals surface area contributed by atoms with E-state index in [1.807, 2.05) is 6.92 Å². The van der Waals surface area contributed by atoms with E-state index in [0.717, 1.165) is 44.1 Å². The number of carbonyl (C=O) groups is 2. The highest BCUT2D eigenvalue weighted by Crippen LogP contribution is 2.48. The van der Waals surface area contributed by atoms with Gasteiger partial charge in [-0.05, 0) is 75.4 Å². The van der Waals surface area contributed by atoms with Crippen molar-refractivity contribution in [1.82, 2.24) is 0 Å². The van der Waals surface area contributed by atoms with E-state index in [0.29, 0.717) is 6.42 Å². The number of rotatable bonds is 9. The van der Waals surface area contributed by atoms with Gasteiger partial charge in [0.05, 0.1) is 18.1 Å². The number of ether oxygens (including phenoxy) is 2. The average Bonchev–Trinajstić information content (AvgIpc) is 2.57. The zero-order valence-electron chi connectivity index (χ0n) is 18.9. The Kier molecular flexibility index (Phi) is 9.84. The third-order valence-corrected chi connectivity index (χ3v) is 5.84. The standard InChI is InChI=1S/C24H38O5/c1-18(11-12-22-23(4,5)14-8-15-24(22,6)27)9-7-10-21(17-29-20(3)26)13-16-28-19(2)25/h9,13,16-17,22,27H,7-8,10-12,14-15H2,1-6H3/b16-13+,18-9+,21-17+/t22-,24-/m1/s1. The van der Waals surface area contributed by atoms with Crippen LogP contribution < -0.4 is 0 Å². The lowest BCUT2D eigenvalue weighted by molar-refractivity contribution is -0.136. The van der Waals surface area contributed by atoms with Crippen LogP contribution in [0.2, 0.25) is 0 Å². The van der Waals surface area contributed by atoms with Gasteiger partial charge in [0.1, 0.15) is 0 Å². The number of aliphatic hydroxyl groups is 1. The number of allylic oxidation sites excluding steroid dienone is 4. The number of hydrogen-bond acceptors (Lipinski definition) is 5. The van der Waals surface area contributed by atoms with Gasteiger partial charge in [0.25, 0.3) is 0 Å². The largest absolute Gasteiger partial charge is 0.435 e. The number of carbonyl (C=O) groups excluding carboxylic acids is 2. The molecule has 5 heteroatoms. The van der Waals surface area contributed by atoms with Crippen LogP contribution in [0.15, 0.2) is 35.8 Å². The molecule has 0 saturated heterocycles. The van der Waals surface area contributed by atoms with Gasteiger partial charge in [0.15, 0.2) is 0 Å². The molecule has 0 aromatic heterocycles. The van der Waals surface area contributed by atoms with Crippen molar-refractivity contribution in [3.8, 4) is 0 Å². The molecule has 0 spiro atoms. The molecule has 0 unspecified atom stereocenters. The van der Waals surface area contributed by atoms with Crippen LogP contribution in [0, 0.1) is 11.3 Å². The Labute approximate surface area is 175 Å². The fraction of sp³-hybridized carbons (Fsp3) is 0.667. The molecule has 1 N–H and O–H groups in total. The summed E-state index contributed by atoms with van der Waals surface area (Å²) in [4.78, 5) is 21.9. The van der Waals surface area contributed by atoms with E-state index in [1.165, 1.54) is 31.9 Å². The monoisotopic (exact) mass is 406 g/mol. The predicted octanol–water partition coefficient (Wildman–Crippen LogP) is 5.59. The van der Waals surface area contributed by atoms with Crippen LogP contribution in [0.25, 0.3) is 0 Å². The van der Waals surface area contributed by atoms with Gasteiger partial charge in [-0.15, -0.1) is 0 Å². The molecule has 0 aromatic rings. The Bertz CT molecular complexity index is 636. The van der Waals surface area contributed by atoms with E-state index < -0.39 is 17.5 Å². The molecule has 1 aliphatic carbocycles. The van der Waals surface area contributed by atoms with E-state index in [4.69, 9.17) is 9.47 Å². The van der Waals surface area contributed by atoms with Crippen molar-refractivity contribution >= 4 is 11.9 Å². The van der Waals surface area contributed by atoms with Crippen molar-refractivity contribution in [2.24, 2.45) is 11.3 Å². The fourth-order valence-corrected chi connectivity index (χ4v) is 4.31. The van der Waals surface area contributed by atoms with Crippen LogP contribution >= 0.6 is 0 Å². The van der Waals surface area contributed by atoms with Crippen LogP contribution in [0.3, 0.4) is 0 Å². The minimum atomic E-state index is -0.594. The van der Waals surface area contributed by atoms with Crippen LogP contribution in [-0.4, -0.2) is 22.6 Å². The normalized spacial score (nSPS) is 25.1. The zero-order chi connectivity index (χ0) is 22.1. The van der Waals surface area contributed by atoms with Crippen LogP contribution in [-0.2, 0) is 19.1 Å². The molecule has 0 radical (unpaired) electrons. The molecule has 1 saturated carbocycles. The maximum absolute atomic E-state index is 11.0. The minimum Gasteiger partial charge on any atom is -0.435 e. The van der Waals surface area contributed by atoms with Gasteiger partial charge in [0.2, 0.25) is 0 Å². The molecule has 1 rings (SSSR count). The summed E-state index contributed by atoms with van der Waals surface area (Å²) in [6.07, 6.45) is 13.0. The molecule has 0 bridgehead atoms. The molecule has 5 nitrogen and oxygen atoms in total. The van der Waals surface area contributed by atoms with E-state index in [9.17, 15) is 14.7 Å². The summed E-state index contributed by atoms with van der Waals surface area (Å²) in [6.45, 7) is 11.3. The highest BCUT2D eigenvalue weighted by Gasteiger charge is 2.44. The first-order chi connectivity index (χ1) is 13.4. The first-order valence-corrected chi connectivity index (χ1v) is 10.5. The lowest BCUT2D eigenvalue weighted by atomic mass is 9.60. The minimum absolute atomic E-state index is 0.156. The Morgan fingerprint density at radius 3 is 2.28 bits per heavy atom. The first kappa shape index (κ1) is 25.2. The second kappa shape index (κ2) is 11.3. The smallest absolute Gasteiger partial charge is 0.307 e. The van der Waals surface area contributed by atoms with E-state index in [1.54, 1.807) is 6.08 Å². The van der Waals surface area contributed by atoms with Crippen molar-refractivity contribution < 1.29 is 24.2 Å². The summed E-state index contributed by atoms with van der Waals surface area (Å²) in [5.41, 5.74) is 1.62. The van der Waals surface area contributed by atoms with Gasteiger partial charge in [-0.25, -0.2) is 0 Å². The van der Waals surface area contributed by atoms with Gasteiger partial charge >= 0.3 is 11.9 Å². The van der Waals surface area contributed by atoms with Crippen LogP contribution in [0.5, 0.6) is 0 Å². The van der Waals surface area contributed by atoms with Gasteiger partial charge in [-0.3, -0.25) is 9.59 Å². The summed E-state index contributed by atoms with van der Waals surface area (Å²) in [7, 11) is 0. The molecule has 0 aliphatic heterocycles. The molecule has 0 aromatic carbocycles. The number of hydrogen-bond donors (Lipinski definition) is 1. The van der Waals surface area contributed by atoms with Crippen molar-refractivity contribution in [3.05, 3.63) is 35.8 Å².